The summed E-state index contributed by atoms with van der Waals surface area (Å²) in [4.78, 5) is 30.1. The Hall–Kier alpha value is -4.25. The summed E-state index contributed by atoms with van der Waals surface area (Å²) in [6.07, 6.45) is 0.145. The monoisotopic (exact) mass is 709 g/mol. The number of nitrogens with one attached hydrogen (secondary N) is 1. The molecule has 5 rings (SSSR count). The van der Waals surface area contributed by atoms with Crippen molar-refractivity contribution in [2.75, 3.05) is 24.1 Å². The van der Waals surface area contributed by atoms with E-state index >= 15 is 0 Å². The molecule has 9 nitrogen and oxygen atoms in total. The third kappa shape index (κ3) is 8.42. The van der Waals surface area contributed by atoms with Crippen LogP contribution in [-0.2, 0) is 32.6 Å². The number of benzene rings is 4. The molecule has 0 saturated carbocycles. The number of sulfonamides is 1. The summed E-state index contributed by atoms with van der Waals surface area (Å²) in [5, 5.41) is 3.61. The number of anilines is 1. The van der Waals surface area contributed by atoms with E-state index in [1.165, 1.54) is 23.1 Å². The first-order valence-corrected chi connectivity index (χ1v) is 17.6. The highest BCUT2D eigenvalue weighted by molar-refractivity contribution is 7.92. The molecule has 252 valence electrons. The Morgan fingerprint density at radius 2 is 1.44 bits per heavy atom. The number of hydrogen-bond acceptors (Lipinski definition) is 6. The van der Waals surface area contributed by atoms with Crippen molar-refractivity contribution in [3.63, 3.8) is 0 Å². The van der Waals surface area contributed by atoms with Crippen molar-refractivity contribution < 1.29 is 27.5 Å². The number of carbonyl (C=O) groups excluding carboxylic acids is 2. The van der Waals surface area contributed by atoms with Gasteiger partial charge in [0.15, 0.2) is 11.5 Å². The van der Waals surface area contributed by atoms with E-state index in [4.69, 9.17) is 32.7 Å². The van der Waals surface area contributed by atoms with Crippen LogP contribution in [0.5, 0.6) is 11.5 Å². The van der Waals surface area contributed by atoms with Crippen molar-refractivity contribution in [1.82, 2.24) is 10.2 Å². The lowest BCUT2D eigenvalue weighted by Gasteiger charge is -2.35. The highest BCUT2D eigenvalue weighted by Crippen LogP contribution is 2.36. The molecule has 0 saturated heterocycles. The normalized spacial score (nSPS) is 13.4. The van der Waals surface area contributed by atoms with Crippen LogP contribution in [0.3, 0.4) is 0 Å². The molecule has 1 N–H and O–H groups in total. The summed E-state index contributed by atoms with van der Waals surface area (Å²) in [5.41, 5.74) is 0.783. The second kappa shape index (κ2) is 14.9. The third-order valence-corrected chi connectivity index (χ3v) is 10.1. The van der Waals surface area contributed by atoms with Crippen molar-refractivity contribution >= 4 is 50.7 Å². The maximum Gasteiger partial charge on any atom is 0.264 e. The zero-order valence-corrected chi connectivity index (χ0v) is 29.2. The quantitative estimate of drug-likeness (QED) is 0.190. The zero-order chi connectivity index (χ0) is 34.5. The topological polar surface area (TPSA) is 105 Å². The van der Waals surface area contributed by atoms with Crippen molar-refractivity contribution in [3.8, 4) is 11.5 Å². The Kier molecular flexibility index (Phi) is 10.9. The fourth-order valence-corrected chi connectivity index (χ4v) is 7.24. The number of fused-ring (bicyclic) bond motifs is 1. The van der Waals surface area contributed by atoms with Crippen LogP contribution in [0.1, 0.15) is 31.9 Å². The maximum absolute atomic E-state index is 14.7. The third-order valence-electron chi connectivity index (χ3n) is 7.58. The van der Waals surface area contributed by atoms with E-state index < -0.39 is 40.0 Å². The molecule has 1 heterocycles. The number of halogens is 2. The van der Waals surface area contributed by atoms with Gasteiger partial charge in [0, 0.05) is 40.2 Å². The molecule has 1 aliphatic rings. The average molecular weight is 711 g/mol. The molecule has 0 unspecified atom stereocenters. The number of nitrogens with zero attached hydrogens (tertiary/aromatic N) is 2. The lowest BCUT2D eigenvalue weighted by Crippen LogP contribution is -2.56. The SMILES string of the molecule is CC(C)(C)NC(=O)[C@@H](Cc1ccccc1)N(Cc1c(Cl)cccc1Cl)C(=O)CN(c1ccc2c(c1)OCCO2)S(=O)(=O)c1ccccc1. The van der Waals surface area contributed by atoms with E-state index in [1.807, 2.05) is 51.1 Å². The van der Waals surface area contributed by atoms with Gasteiger partial charge in [0.25, 0.3) is 10.0 Å². The van der Waals surface area contributed by atoms with Crippen LogP contribution < -0.4 is 19.1 Å². The molecule has 0 fully saturated rings. The van der Waals surface area contributed by atoms with Gasteiger partial charge in [-0.15, -0.1) is 0 Å². The number of carbonyl (C=O) groups is 2. The fourth-order valence-electron chi connectivity index (χ4n) is 5.30. The molecular formula is C36H37Cl2N3O6S. The van der Waals surface area contributed by atoms with Crippen molar-refractivity contribution in [1.29, 1.82) is 0 Å². The minimum absolute atomic E-state index is 0.0142. The van der Waals surface area contributed by atoms with Gasteiger partial charge in [-0.2, -0.15) is 0 Å². The van der Waals surface area contributed by atoms with Gasteiger partial charge in [0.1, 0.15) is 25.8 Å². The van der Waals surface area contributed by atoms with Crippen LogP contribution in [-0.4, -0.2) is 56.5 Å². The molecule has 0 bridgehead atoms. The number of hydrogen-bond donors (Lipinski definition) is 1. The second-order valence-corrected chi connectivity index (χ2v) is 15.0. The molecule has 1 aliphatic heterocycles. The first-order chi connectivity index (χ1) is 22.8. The van der Waals surface area contributed by atoms with Crippen molar-refractivity contribution in [2.45, 2.75) is 50.2 Å². The summed E-state index contributed by atoms with van der Waals surface area (Å²) in [5.74, 6) is -0.249. The van der Waals surface area contributed by atoms with E-state index in [9.17, 15) is 18.0 Å². The fraction of sp³-hybridized carbons (Fsp3) is 0.278. The van der Waals surface area contributed by atoms with Crippen LogP contribution in [0.4, 0.5) is 5.69 Å². The van der Waals surface area contributed by atoms with Crippen molar-refractivity contribution in [2.24, 2.45) is 0 Å². The van der Waals surface area contributed by atoms with Gasteiger partial charge in [-0.25, -0.2) is 8.42 Å². The van der Waals surface area contributed by atoms with Gasteiger partial charge in [-0.1, -0.05) is 77.8 Å². The Morgan fingerprint density at radius 1 is 0.833 bits per heavy atom. The zero-order valence-electron chi connectivity index (χ0n) is 26.9. The van der Waals surface area contributed by atoms with Gasteiger partial charge in [-0.3, -0.25) is 13.9 Å². The first-order valence-electron chi connectivity index (χ1n) is 15.4. The number of ether oxygens (including phenoxy) is 2. The smallest absolute Gasteiger partial charge is 0.264 e. The predicted molar refractivity (Wildman–Crippen MR) is 187 cm³/mol. The maximum atomic E-state index is 14.7. The molecule has 1 atom stereocenters. The van der Waals surface area contributed by atoms with Crippen LogP contribution in [0.2, 0.25) is 10.0 Å². The summed E-state index contributed by atoms with van der Waals surface area (Å²) in [6, 6.07) is 25.7. The standard InChI is InChI=1S/C36H37Cl2N3O6S/c1-36(2,3)39-35(43)31(21-25-11-6-4-7-12-25)40(23-28-29(37)15-10-16-30(28)38)34(42)24-41(48(44,45)27-13-8-5-9-14-27)26-17-18-32-33(22-26)47-20-19-46-32/h4-18,22,31H,19-21,23-24H2,1-3H3,(H,39,43)/t31-/m1/s1. The molecule has 0 aliphatic carbocycles. The molecule has 0 aromatic heterocycles. The summed E-state index contributed by atoms with van der Waals surface area (Å²) >= 11 is 13.2. The highest BCUT2D eigenvalue weighted by Gasteiger charge is 2.36. The average Bonchev–Trinajstić information content (AvgIpc) is 3.06. The van der Waals surface area contributed by atoms with Crippen LogP contribution in [0.15, 0.2) is 102 Å². The van der Waals surface area contributed by atoms with Crippen LogP contribution in [0, 0.1) is 0 Å². The lowest BCUT2D eigenvalue weighted by molar-refractivity contribution is -0.140. The summed E-state index contributed by atoms with van der Waals surface area (Å²) in [7, 11) is -4.30. The molecule has 0 spiro atoms. The Morgan fingerprint density at radius 3 is 2.06 bits per heavy atom. The van der Waals surface area contributed by atoms with Gasteiger partial charge in [0.05, 0.1) is 10.6 Å². The molecule has 0 radical (unpaired) electrons. The Labute approximate surface area is 291 Å². The van der Waals surface area contributed by atoms with Gasteiger partial charge in [0.2, 0.25) is 11.8 Å². The Balaban J connectivity index is 1.62. The van der Waals surface area contributed by atoms with Gasteiger partial charge >= 0.3 is 0 Å². The minimum atomic E-state index is -4.30. The van der Waals surface area contributed by atoms with E-state index in [2.05, 4.69) is 5.32 Å². The largest absolute Gasteiger partial charge is 0.486 e. The van der Waals surface area contributed by atoms with Crippen molar-refractivity contribution in [3.05, 3.63) is 118 Å². The molecule has 4 aromatic carbocycles. The first kappa shape index (κ1) is 35.1. The van der Waals surface area contributed by atoms with E-state index in [0.717, 1.165) is 9.87 Å². The van der Waals surface area contributed by atoms with Gasteiger partial charge < -0.3 is 19.7 Å². The molecule has 12 heteroatoms. The summed E-state index contributed by atoms with van der Waals surface area (Å²) in [6.45, 7) is 5.37. The lowest BCUT2D eigenvalue weighted by atomic mass is 10.0. The molecule has 2 amide bonds. The minimum Gasteiger partial charge on any atom is -0.486 e. The predicted octanol–water partition coefficient (Wildman–Crippen LogP) is 6.51. The second-order valence-electron chi connectivity index (χ2n) is 12.3. The molecular weight excluding hydrogens is 673 g/mol. The van der Waals surface area contributed by atoms with Gasteiger partial charge in [-0.05, 0) is 62.7 Å². The van der Waals surface area contributed by atoms with Crippen LogP contribution >= 0.6 is 23.2 Å². The van der Waals surface area contributed by atoms with E-state index in [1.54, 1.807) is 48.5 Å². The molecule has 48 heavy (non-hydrogen) atoms. The molecule has 4 aromatic rings. The van der Waals surface area contributed by atoms with E-state index in [0.29, 0.717) is 33.7 Å². The number of rotatable bonds is 11. The van der Waals surface area contributed by atoms with Crippen LogP contribution in [0.25, 0.3) is 0 Å². The highest BCUT2D eigenvalue weighted by atomic mass is 35.5. The Bertz CT molecular complexity index is 1850. The number of amides is 2. The summed E-state index contributed by atoms with van der Waals surface area (Å²) < 4.78 is 41.0. The van der Waals surface area contributed by atoms with E-state index in [-0.39, 0.29) is 30.2 Å².